The molecule has 6 nitrogen and oxygen atoms in total. The molecule has 1 saturated heterocycles. The van der Waals surface area contributed by atoms with Crippen molar-refractivity contribution in [1.29, 1.82) is 0 Å². The third-order valence-electron chi connectivity index (χ3n) is 3.77. The van der Waals surface area contributed by atoms with Crippen molar-refractivity contribution < 1.29 is 19.0 Å². The number of benzene rings is 1. The van der Waals surface area contributed by atoms with Crippen molar-refractivity contribution in [2.75, 3.05) is 13.4 Å². The summed E-state index contributed by atoms with van der Waals surface area (Å²) in [7, 11) is 0. The Labute approximate surface area is 123 Å². The molecule has 3 rings (SSSR count). The molecule has 0 saturated carbocycles. The van der Waals surface area contributed by atoms with Gasteiger partial charge in [-0.2, -0.15) is 0 Å². The molecule has 2 N–H and O–H groups in total. The van der Waals surface area contributed by atoms with Crippen molar-refractivity contribution in [3.05, 3.63) is 23.8 Å². The van der Waals surface area contributed by atoms with Gasteiger partial charge in [-0.1, -0.05) is 6.07 Å². The van der Waals surface area contributed by atoms with Crippen LogP contribution in [0.5, 0.6) is 11.5 Å². The van der Waals surface area contributed by atoms with Gasteiger partial charge in [-0.25, -0.2) is 4.79 Å². The van der Waals surface area contributed by atoms with Gasteiger partial charge in [0.25, 0.3) is 0 Å². The molecule has 1 fully saturated rings. The molecule has 0 aromatic heterocycles. The maximum atomic E-state index is 11.9. The van der Waals surface area contributed by atoms with E-state index in [9.17, 15) is 4.79 Å². The number of hydrogen-bond donors (Lipinski definition) is 2. The number of hydrogen-bond acceptors (Lipinski definition) is 4. The second-order valence-corrected chi connectivity index (χ2v) is 5.35. The lowest BCUT2D eigenvalue weighted by Crippen LogP contribution is -2.45. The van der Waals surface area contributed by atoms with Gasteiger partial charge in [-0.05, 0) is 37.5 Å². The molecule has 21 heavy (non-hydrogen) atoms. The van der Waals surface area contributed by atoms with Gasteiger partial charge in [0.2, 0.25) is 6.79 Å². The maximum absolute atomic E-state index is 11.9. The molecule has 1 aromatic rings. The quantitative estimate of drug-likeness (QED) is 0.887. The molecule has 0 spiro atoms. The van der Waals surface area contributed by atoms with E-state index in [1.165, 1.54) is 0 Å². The summed E-state index contributed by atoms with van der Waals surface area (Å²) in [6.07, 6.45) is 2.19. The fraction of sp³-hybridized carbons (Fsp3) is 0.533. The van der Waals surface area contributed by atoms with Gasteiger partial charge in [0.1, 0.15) is 0 Å². The second kappa shape index (κ2) is 6.22. The first-order valence-corrected chi connectivity index (χ1v) is 7.27. The summed E-state index contributed by atoms with van der Waals surface area (Å²) in [4.78, 5) is 11.9. The Hall–Kier alpha value is -1.95. The first-order valence-electron chi connectivity index (χ1n) is 7.27. The Morgan fingerprint density at radius 3 is 3.05 bits per heavy atom. The van der Waals surface area contributed by atoms with Gasteiger partial charge in [0.05, 0.1) is 12.1 Å². The maximum Gasteiger partial charge on any atom is 0.315 e. The highest BCUT2D eigenvalue weighted by molar-refractivity contribution is 5.74. The minimum atomic E-state index is -0.185. The Morgan fingerprint density at radius 2 is 2.24 bits per heavy atom. The van der Waals surface area contributed by atoms with Crippen LogP contribution in [-0.2, 0) is 11.3 Å². The summed E-state index contributed by atoms with van der Waals surface area (Å²) in [5, 5.41) is 5.76. The van der Waals surface area contributed by atoms with Crippen molar-refractivity contribution in [3.8, 4) is 11.5 Å². The van der Waals surface area contributed by atoms with Crippen LogP contribution in [0.3, 0.4) is 0 Å². The Kier molecular flexibility index (Phi) is 4.15. The molecule has 0 unspecified atom stereocenters. The molecule has 114 valence electrons. The van der Waals surface area contributed by atoms with E-state index < -0.39 is 0 Å². The van der Waals surface area contributed by atoms with Gasteiger partial charge in [-0.15, -0.1) is 0 Å². The summed E-state index contributed by atoms with van der Waals surface area (Å²) < 4.78 is 16.1. The molecular weight excluding hydrogens is 272 g/mol. The highest BCUT2D eigenvalue weighted by Crippen LogP contribution is 2.32. The first kappa shape index (κ1) is 14.0. The lowest BCUT2D eigenvalue weighted by molar-refractivity contribution is 0.0860. The number of fused-ring (bicyclic) bond motifs is 1. The molecule has 1 aromatic carbocycles. The average molecular weight is 292 g/mol. The van der Waals surface area contributed by atoms with Crippen LogP contribution < -0.4 is 20.1 Å². The molecule has 2 aliphatic rings. The van der Waals surface area contributed by atoms with E-state index in [-0.39, 0.29) is 25.0 Å². The number of amides is 2. The number of rotatable bonds is 4. The lowest BCUT2D eigenvalue weighted by atomic mass is 10.1. The van der Waals surface area contributed by atoms with Crippen LogP contribution in [-0.4, -0.2) is 31.6 Å². The van der Waals surface area contributed by atoms with Crippen molar-refractivity contribution >= 4 is 6.03 Å². The molecule has 0 aliphatic carbocycles. The summed E-state index contributed by atoms with van der Waals surface area (Å²) in [5.74, 6) is 1.47. The van der Waals surface area contributed by atoms with Crippen LogP contribution >= 0.6 is 0 Å². The van der Waals surface area contributed by atoms with E-state index in [2.05, 4.69) is 10.6 Å². The third-order valence-corrected chi connectivity index (χ3v) is 3.77. The zero-order chi connectivity index (χ0) is 14.7. The van der Waals surface area contributed by atoms with E-state index >= 15 is 0 Å². The summed E-state index contributed by atoms with van der Waals surface area (Å²) in [6.45, 7) is 3.46. The molecule has 0 bridgehead atoms. The number of carbonyl (C=O) groups excluding carboxylic acids is 1. The molecule has 0 radical (unpaired) electrons. The van der Waals surface area contributed by atoms with Crippen molar-refractivity contribution in [3.63, 3.8) is 0 Å². The van der Waals surface area contributed by atoms with Crippen LogP contribution in [0.25, 0.3) is 0 Å². The Bertz CT molecular complexity index is 514. The lowest BCUT2D eigenvalue weighted by Gasteiger charge is -2.20. The Morgan fingerprint density at radius 1 is 1.38 bits per heavy atom. The summed E-state index contributed by atoms with van der Waals surface area (Å²) in [5.41, 5.74) is 0.971. The van der Waals surface area contributed by atoms with E-state index in [4.69, 9.17) is 14.2 Å². The van der Waals surface area contributed by atoms with Crippen LogP contribution in [0, 0.1) is 0 Å². The monoisotopic (exact) mass is 292 g/mol. The fourth-order valence-corrected chi connectivity index (χ4v) is 2.58. The van der Waals surface area contributed by atoms with Crippen LogP contribution in [0.15, 0.2) is 18.2 Å². The van der Waals surface area contributed by atoms with E-state index in [1.807, 2.05) is 25.1 Å². The van der Waals surface area contributed by atoms with Gasteiger partial charge in [0, 0.05) is 13.2 Å². The van der Waals surface area contributed by atoms with E-state index in [0.717, 1.165) is 36.5 Å². The largest absolute Gasteiger partial charge is 0.454 e. The minimum Gasteiger partial charge on any atom is -0.454 e. The number of nitrogens with one attached hydrogen (secondary N) is 2. The first-order chi connectivity index (χ1) is 10.2. The van der Waals surface area contributed by atoms with Gasteiger partial charge in [-0.3, -0.25) is 0 Å². The highest BCUT2D eigenvalue weighted by Gasteiger charge is 2.23. The number of ether oxygens (including phenoxy) is 3. The highest BCUT2D eigenvalue weighted by atomic mass is 16.7. The van der Waals surface area contributed by atoms with Gasteiger partial charge in [0.15, 0.2) is 11.5 Å². The molecule has 2 atom stereocenters. The zero-order valence-corrected chi connectivity index (χ0v) is 12.1. The van der Waals surface area contributed by atoms with Crippen molar-refractivity contribution in [2.45, 2.75) is 38.5 Å². The normalized spacial score (nSPS) is 21.1. The zero-order valence-electron chi connectivity index (χ0n) is 12.1. The molecule has 2 heterocycles. The third kappa shape index (κ3) is 3.39. The average Bonchev–Trinajstić information content (AvgIpc) is 3.15. The van der Waals surface area contributed by atoms with Crippen molar-refractivity contribution in [1.82, 2.24) is 10.6 Å². The molecule has 6 heteroatoms. The van der Waals surface area contributed by atoms with Crippen LogP contribution in [0.4, 0.5) is 4.79 Å². The molecule has 2 aliphatic heterocycles. The summed E-state index contributed by atoms with van der Waals surface area (Å²) >= 11 is 0. The second-order valence-electron chi connectivity index (χ2n) is 5.35. The molecule has 2 amide bonds. The summed E-state index contributed by atoms with van der Waals surface area (Å²) in [6, 6.07) is 5.48. The van der Waals surface area contributed by atoms with Gasteiger partial charge >= 0.3 is 6.03 Å². The SMILES string of the molecule is C[C@@H](NC(=O)NCc1ccc2c(c1)OCO2)[C@@H]1CCCO1. The number of urea groups is 1. The van der Waals surface area contributed by atoms with Crippen LogP contribution in [0.2, 0.25) is 0 Å². The number of carbonyl (C=O) groups is 1. The predicted molar refractivity (Wildman–Crippen MR) is 76.4 cm³/mol. The van der Waals surface area contributed by atoms with Crippen LogP contribution in [0.1, 0.15) is 25.3 Å². The molecular formula is C15H20N2O4. The smallest absolute Gasteiger partial charge is 0.315 e. The minimum absolute atomic E-state index is 0.0178. The van der Waals surface area contributed by atoms with Gasteiger partial charge < -0.3 is 24.8 Å². The van der Waals surface area contributed by atoms with E-state index in [1.54, 1.807) is 0 Å². The Balaban J connectivity index is 1.47. The predicted octanol–water partition coefficient (Wildman–Crippen LogP) is 1.78. The standard InChI is InChI=1S/C15H20N2O4/c1-10(12-3-2-6-19-12)17-15(18)16-8-11-4-5-13-14(7-11)21-9-20-13/h4-5,7,10,12H,2-3,6,8-9H2,1H3,(H2,16,17,18)/t10-,12+/m1/s1. The fourth-order valence-electron chi connectivity index (χ4n) is 2.58. The topological polar surface area (TPSA) is 68.8 Å². The van der Waals surface area contributed by atoms with E-state index in [0.29, 0.717) is 6.54 Å². The van der Waals surface area contributed by atoms with Crippen molar-refractivity contribution in [2.24, 2.45) is 0 Å².